The summed E-state index contributed by atoms with van der Waals surface area (Å²) in [7, 11) is 4.03. The van der Waals surface area contributed by atoms with Gasteiger partial charge in [-0.15, -0.1) is 11.3 Å². The van der Waals surface area contributed by atoms with Crippen LogP contribution < -0.4 is 10.2 Å². The van der Waals surface area contributed by atoms with E-state index in [0.717, 1.165) is 27.5 Å². The minimum atomic E-state index is -0.107. The van der Waals surface area contributed by atoms with Gasteiger partial charge in [-0.25, -0.2) is 9.67 Å². The van der Waals surface area contributed by atoms with Crippen LogP contribution in [0.15, 0.2) is 72.2 Å². The molecule has 30 heavy (non-hydrogen) atoms. The molecule has 1 N–H and O–H groups in total. The first-order valence-corrected chi connectivity index (χ1v) is 10.5. The third-order valence-electron chi connectivity index (χ3n) is 4.68. The Bertz CT molecular complexity index is 1120. The number of carbonyl (C=O) groups is 1. The predicted molar refractivity (Wildman–Crippen MR) is 122 cm³/mol. The van der Waals surface area contributed by atoms with Gasteiger partial charge in [-0.1, -0.05) is 42.5 Å². The summed E-state index contributed by atoms with van der Waals surface area (Å²) in [6.07, 6.45) is 1.92. The molecular formula is C23H23N5OS. The summed E-state index contributed by atoms with van der Waals surface area (Å²) in [5.74, 6) is 0.569. The number of hydrogen-bond donors (Lipinski definition) is 1. The van der Waals surface area contributed by atoms with Crippen molar-refractivity contribution in [1.82, 2.24) is 14.8 Å². The van der Waals surface area contributed by atoms with Crippen molar-refractivity contribution in [3.63, 3.8) is 0 Å². The lowest BCUT2D eigenvalue weighted by atomic mass is 10.2. The molecule has 0 aliphatic heterocycles. The Morgan fingerprint density at radius 1 is 1.07 bits per heavy atom. The third kappa shape index (κ3) is 4.75. The number of nitrogens with one attached hydrogen (secondary N) is 1. The van der Waals surface area contributed by atoms with Gasteiger partial charge in [0.05, 0.1) is 24.9 Å². The Morgan fingerprint density at radius 2 is 1.83 bits per heavy atom. The lowest BCUT2D eigenvalue weighted by Gasteiger charge is -2.13. The highest BCUT2D eigenvalue weighted by molar-refractivity contribution is 7.13. The zero-order valence-corrected chi connectivity index (χ0v) is 17.8. The minimum absolute atomic E-state index is 0.107. The summed E-state index contributed by atoms with van der Waals surface area (Å²) in [6.45, 7) is 0.588. The maximum Gasteiger partial charge on any atom is 0.231 e. The number of amides is 1. The van der Waals surface area contributed by atoms with E-state index in [4.69, 9.17) is 0 Å². The standard InChI is InChI=1S/C23H23N5OS/c1-27(2)20-10-8-17(9-11-20)15-28-21(12-13-24-28)26-22(29)14-19-16-30-23(25-19)18-6-4-3-5-7-18/h3-13,16H,14-15H2,1-2H3,(H,26,29). The fraction of sp³-hybridized carbons (Fsp3) is 0.174. The quantitative estimate of drug-likeness (QED) is 0.487. The molecule has 152 valence electrons. The Labute approximate surface area is 179 Å². The number of nitrogens with zero attached hydrogens (tertiary/aromatic N) is 4. The van der Waals surface area contributed by atoms with Gasteiger partial charge in [-0.3, -0.25) is 4.79 Å². The number of benzene rings is 2. The van der Waals surface area contributed by atoms with E-state index in [1.165, 1.54) is 0 Å². The number of anilines is 2. The fourth-order valence-electron chi connectivity index (χ4n) is 3.09. The molecule has 0 bridgehead atoms. The van der Waals surface area contributed by atoms with Crippen LogP contribution in [0.25, 0.3) is 10.6 Å². The molecule has 0 aliphatic carbocycles. The average molecular weight is 418 g/mol. The third-order valence-corrected chi connectivity index (χ3v) is 5.62. The molecule has 2 aromatic carbocycles. The molecule has 0 saturated heterocycles. The van der Waals surface area contributed by atoms with Crippen molar-refractivity contribution in [1.29, 1.82) is 0 Å². The minimum Gasteiger partial charge on any atom is -0.378 e. The van der Waals surface area contributed by atoms with Gasteiger partial charge in [0.1, 0.15) is 10.8 Å². The Morgan fingerprint density at radius 3 is 2.57 bits per heavy atom. The summed E-state index contributed by atoms with van der Waals surface area (Å²) >= 11 is 1.55. The highest BCUT2D eigenvalue weighted by atomic mass is 32.1. The normalized spacial score (nSPS) is 10.7. The molecule has 6 nitrogen and oxygen atoms in total. The second kappa shape index (κ2) is 8.92. The van der Waals surface area contributed by atoms with Crippen LogP contribution in [0, 0.1) is 0 Å². The molecule has 0 saturated carbocycles. The highest BCUT2D eigenvalue weighted by Gasteiger charge is 2.12. The molecule has 0 radical (unpaired) electrons. The van der Waals surface area contributed by atoms with Crippen LogP contribution in [0.5, 0.6) is 0 Å². The van der Waals surface area contributed by atoms with Crippen molar-refractivity contribution < 1.29 is 4.79 Å². The molecule has 0 spiro atoms. The maximum absolute atomic E-state index is 12.6. The van der Waals surface area contributed by atoms with Crippen LogP contribution >= 0.6 is 11.3 Å². The Balaban J connectivity index is 1.39. The second-order valence-electron chi connectivity index (χ2n) is 7.17. The maximum atomic E-state index is 12.6. The molecule has 0 fully saturated rings. The van der Waals surface area contributed by atoms with Gasteiger partial charge in [0.25, 0.3) is 0 Å². The average Bonchev–Trinajstić information content (AvgIpc) is 3.39. The number of hydrogen-bond acceptors (Lipinski definition) is 5. The molecule has 4 rings (SSSR count). The van der Waals surface area contributed by atoms with Gasteiger partial charge < -0.3 is 10.2 Å². The summed E-state index contributed by atoms with van der Waals surface area (Å²) in [6, 6.07) is 20.1. The number of thiazole rings is 1. The van der Waals surface area contributed by atoms with Gasteiger partial charge in [0, 0.05) is 36.8 Å². The van der Waals surface area contributed by atoms with Crippen molar-refractivity contribution in [2.45, 2.75) is 13.0 Å². The zero-order chi connectivity index (χ0) is 20.9. The first-order valence-electron chi connectivity index (χ1n) is 9.66. The van der Waals surface area contributed by atoms with Gasteiger partial charge in [0.2, 0.25) is 5.91 Å². The lowest BCUT2D eigenvalue weighted by Crippen LogP contribution is -2.18. The molecular weight excluding hydrogens is 394 g/mol. The summed E-state index contributed by atoms with van der Waals surface area (Å²) in [4.78, 5) is 19.2. The van der Waals surface area contributed by atoms with Crippen LogP contribution in [0.2, 0.25) is 0 Å². The second-order valence-corrected chi connectivity index (χ2v) is 8.03. The van der Waals surface area contributed by atoms with E-state index in [0.29, 0.717) is 12.4 Å². The highest BCUT2D eigenvalue weighted by Crippen LogP contribution is 2.23. The lowest BCUT2D eigenvalue weighted by molar-refractivity contribution is -0.115. The molecule has 0 aliphatic rings. The van der Waals surface area contributed by atoms with Crippen LogP contribution in [0.3, 0.4) is 0 Å². The Hall–Kier alpha value is -3.45. The van der Waals surface area contributed by atoms with E-state index in [1.54, 1.807) is 22.2 Å². The molecule has 1 amide bonds. The SMILES string of the molecule is CN(C)c1ccc(Cn2nccc2NC(=O)Cc2csc(-c3ccccc3)n2)cc1. The molecule has 0 unspecified atom stereocenters. The molecule has 0 atom stereocenters. The summed E-state index contributed by atoms with van der Waals surface area (Å²) in [5, 5.41) is 10.2. The van der Waals surface area contributed by atoms with Gasteiger partial charge in [-0.05, 0) is 17.7 Å². The van der Waals surface area contributed by atoms with Crippen LogP contribution in [-0.4, -0.2) is 34.8 Å². The number of rotatable bonds is 7. The van der Waals surface area contributed by atoms with Crippen molar-refractivity contribution >= 4 is 28.7 Å². The Kier molecular flexibility index (Phi) is 5.90. The topological polar surface area (TPSA) is 63.1 Å². The van der Waals surface area contributed by atoms with E-state index >= 15 is 0 Å². The molecule has 7 heteroatoms. The number of carbonyl (C=O) groups excluding carboxylic acids is 1. The monoisotopic (exact) mass is 417 g/mol. The first-order chi connectivity index (χ1) is 14.6. The summed E-state index contributed by atoms with van der Waals surface area (Å²) < 4.78 is 1.79. The van der Waals surface area contributed by atoms with Crippen LogP contribution in [0.1, 0.15) is 11.3 Å². The van der Waals surface area contributed by atoms with Crippen LogP contribution in [-0.2, 0) is 17.8 Å². The van der Waals surface area contributed by atoms with E-state index < -0.39 is 0 Å². The first kappa shape index (κ1) is 19.8. The smallest absolute Gasteiger partial charge is 0.231 e. The van der Waals surface area contributed by atoms with E-state index in [2.05, 4.69) is 44.6 Å². The van der Waals surface area contributed by atoms with Crippen molar-refractivity contribution in [2.24, 2.45) is 0 Å². The van der Waals surface area contributed by atoms with E-state index in [9.17, 15) is 4.79 Å². The largest absolute Gasteiger partial charge is 0.378 e. The fourth-order valence-corrected chi connectivity index (χ4v) is 3.92. The molecule has 2 aromatic heterocycles. The summed E-state index contributed by atoms with van der Waals surface area (Å²) in [5.41, 5.74) is 4.09. The van der Waals surface area contributed by atoms with Gasteiger partial charge in [0.15, 0.2) is 0 Å². The van der Waals surface area contributed by atoms with Crippen molar-refractivity contribution in [2.75, 3.05) is 24.3 Å². The van der Waals surface area contributed by atoms with E-state index in [1.807, 2.05) is 55.9 Å². The van der Waals surface area contributed by atoms with Crippen LogP contribution in [0.4, 0.5) is 11.5 Å². The van der Waals surface area contributed by atoms with Gasteiger partial charge >= 0.3 is 0 Å². The predicted octanol–water partition coefficient (Wildman–Crippen LogP) is 4.30. The van der Waals surface area contributed by atoms with E-state index in [-0.39, 0.29) is 12.3 Å². The number of aromatic nitrogens is 3. The molecule has 4 aromatic rings. The van der Waals surface area contributed by atoms with Crippen molar-refractivity contribution in [3.05, 3.63) is 83.5 Å². The zero-order valence-electron chi connectivity index (χ0n) is 16.9. The van der Waals surface area contributed by atoms with Gasteiger partial charge in [-0.2, -0.15) is 5.10 Å². The molecule has 2 heterocycles. The van der Waals surface area contributed by atoms with Crippen molar-refractivity contribution in [3.8, 4) is 10.6 Å².